The Morgan fingerprint density at radius 2 is 2.25 bits per heavy atom. The molecule has 0 unspecified atom stereocenters. The van der Waals surface area contributed by atoms with Crippen LogP contribution in [0.25, 0.3) is 10.2 Å². The van der Waals surface area contributed by atoms with Crippen LogP contribution in [0.1, 0.15) is 5.56 Å². The molecule has 0 saturated heterocycles. The summed E-state index contributed by atoms with van der Waals surface area (Å²) in [6, 6.07) is 4.08. The van der Waals surface area contributed by atoms with Crippen molar-refractivity contribution in [3.63, 3.8) is 0 Å². The van der Waals surface area contributed by atoms with Crippen LogP contribution < -0.4 is 0 Å². The molecule has 0 N–H and O–H groups in total. The third kappa shape index (κ3) is 1.37. The molecule has 0 atom stereocenters. The van der Waals surface area contributed by atoms with Gasteiger partial charge in [0, 0.05) is 4.47 Å². The molecule has 0 bridgehead atoms. The van der Waals surface area contributed by atoms with E-state index < -0.39 is 0 Å². The van der Waals surface area contributed by atoms with Crippen molar-refractivity contribution in [1.29, 1.82) is 0 Å². The molecular formula is C8H5BrClNS. The fraction of sp³-hybridized carbons (Fsp3) is 0.125. The van der Waals surface area contributed by atoms with Crippen molar-refractivity contribution in [3.05, 3.63) is 26.6 Å². The van der Waals surface area contributed by atoms with Gasteiger partial charge in [-0.25, -0.2) is 4.98 Å². The predicted octanol–water partition coefficient (Wildman–Crippen LogP) is 4.02. The Bertz CT molecular complexity index is 399. The van der Waals surface area contributed by atoms with Gasteiger partial charge in [0.15, 0.2) is 4.47 Å². The molecule has 12 heavy (non-hydrogen) atoms. The summed E-state index contributed by atoms with van der Waals surface area (Å²) in [5.74, 6) is 0. The average molecular weight is 263 g/mol. The van der Waals surface area contributed by atoms with Crippen LogP contribution in [0.5, 0.6) is 0 Å². The van der Waals surface area contributed by atoms with E-state index in [0.717, 1.165) is 14.7 Å². The molecule has 1 nitrogen and oxygen atoms in total. The highest BCUT2D eigenvalue weighted by Gasteiger charge is 2.03. The minimum atomic E-state index is 0.600. The van der Waals surface area contributed by atoms with Crippen molar-refractivity contribution in [2.75, 3.05) is 0 Å². The molecule has 0 aliphatic rings. The Morgan fingerprint density at radius 1 is 1.50 bits per heavy atom. The van der Waals surface area contributed by atoms with Gasteiger partial charge in [0.25, 0.3) is 0 Å². The quantitative estimate of drug-likeness (QED) is 0.699. The van der Waals surface area contributed by atoms with Gasteiger partial charge < -0.3 is 0 Å². The molecular weight excluding hydrogens is 258 g/mol. The highest BCUT2D eigenvalue weighted by atomic mass is 79.9. The molecule has 0 saturated carbocycles. The molecule has 0 aliphatic carbocycles. The standard InChI is InChI=1S/C8H5BrClNS/c1-4-2-6-7(3-5(4)9)12-8(10)11-6/h2-3H,1H3. The smallest absolute Gasteiger partial charge is 0.184 e. The van der Waals surface area contributed by atoms with Crippen molar-refractivity contribution in [2.24, 2.45) is 0 Å². The second kappa shape index (κ2) is 2.98. The predicted molar refractivity (Wildman–Crippen MR) is 57.1 cm³/mol. The summed E-state index contributed by atoms with van der Waals surface area (Å²) in [6.07, 6.45) is 0. The van der Waals surface area contributed by atoms with Crippen molar-refractivity contribution in [3.8, 4) is 0 Å². The first kappa shape index (κ1) is 8.48. The lowest BCUT2D eigenvalue weighted by atomic mass is 10.2. The van der Waals surface area contributed by atoms with Gasteiger partial charge in [0.05, 0.1) is 10.2 Å². The molecule has 0 aliphatic heterocycles. The summed E-state index contributed by atoms with van der Waals surface area (Å²) in [4.78, 5) is 4.18. The van der Waals surface area contributed by atoms with Crippen molar-refractivity contribution >= 4 is 49.1 Å². The summed E-state index contributed by atoms with van der Waals surface area (Å²) in [6.45, 7) is 2.04. The van der Waals surface area contributed by atoms with Gasteiger partial charge in [-0.15, -0.1) is 11.3 Å². The number of hydrogen-bond donors (Lipinski definition) is 0. The lowest BCUT2D eigenvalue weighted by Gasteiger charge is -1.95. The maximum Gasteiger partial charge on any atom is 0.184 e. The van der Waals surface area contributed by atoms with Gasteiger partial charge >= 0.3 is 0 Å². The van der Waals surface area contributed by atoms with Crippen LogP contribution >= 0.6 is 38.9 Å². The van der Waals surface area contributed by atoms with E-state index in [1.165, 1.54) is 16.9 Å². The van der Waals surface area contributed by atoms with Crippen molar-refractivity contribution < 1.29 is 0 Å². The lowest BCUT2D eigenvalue weighted by molar-refractivity contribution is 1.42. The van der Waals surface area contributed by atoms with E-state index in [4.69, 9.17) is 11.6 Å². The van der Waals surface area contributed by atoms with E-state index in [1.807, 2.05) is 19.1 Å². The second-order valence-electron chi connectivity index (χ2n) is 2.54. The Labute approximate surface area is 87.5 Å². The fourth-order valence-corrected chi connectivity index (χ4v) is 2.57. The topological polar surface area (TPSA) is 12.9 Å². The number of benzene rings is 1. The van der Waals surface area contributed by atoms with E-state index in [1.54, 1.807) is 0 Å². The van der Waals surface area contributed by atoms with Crippen LogP contribution in [0.3, 0.4) is 0 Å². The van der Waals surface area contributed by atoms with Crippen LogP contribution in [0.15, 0.2) is 16.6 Å². The zero-order valence-corrected chi connectivity index (χ0v) is 9.42. The summed E-state index contributed by atoms with van der Waals surface area (Å²) in [7, 11) is 0. The average Bonchev–Trinajstić information content (AvgIpc) is 2.30. The minimum absolute atomic E-state index is 0.600. The van der Waals surface area contributed by atoms with Crippen LogP contribution in [0.2, 0.25) is 4.47 Å². The van der Waals surface area contributed by atoms with Gasteiger partial charge in [-0.2, -0.15) is 0 Å². The largest absolute Gasteiger partial charge is 0.225 e. The van der Waals surface area contributed by atoms with E-state index in [2.05, 4.69) is 20.9 Å². The Hall–Kier alpha value is -0.120. The van der Waals surface area contributed by atoms with E-state index in [0.29, 0.717) is 4.47 Å². The minimum Gasteiger partial charge on any atom is -0.225 e. The summed E-state index contributed by atoms with van der Waals surface area (Å²) in [5, 5.41) is 0. The Morgan fingerprint density at radius 3 is 3.00 bits per heavy atom. The molecule has 0 radical (unpaired) electrons. The highest BCUT2D eigenvalue weighted by Crippen LogP contribution is 2.30. The van der Waals surface area contributed by atoms with Crippen LogP contribution in [-0.4, -0.2) is 4.98 Å². The maximum atomic E-state index is 5.78. The highest BCUT2D eigenvalue weighted by molar-refractivity contribution is 9.10. The molecule has 0 amide bonds. The Balaban J connectivity index is 2.83. The summed E-state index contributed by atoms with van der Waals surface area (Å²) in [5.41, 5.74) is 2.16. The number of aromatic nitrogens is 1. The fourth-order valence-electron chi connectivity index (χ4n) is 1.03. The molecule has 4 heteroatoms. The third-order valence-electron chi connectivity index (χ3n) is 1.64. The molecule has 1 aromatic carbocycles. The second-order valence-corrected chi connectivity index (χ2v) is 5.00. The third-order valence-corrected chi connectivity index (χ3v) is 3.62. The number of hydrogen-bond acceptors (Lipinski definition) is 2. The molecule has 0 spiro atoms. The molecule has 1 heterocycles. The van der Waals surface area contributed by atoms with E-state index >= 15 is 0 Å². The Kier molecular flexibility index (Phi) is 2.10. The van der Waals surface area contributed by atoms with Crippen molar-refractivity contribution in [2.45, 2.75) is 6.92 Å². The van der Waals surface area contributed by atoms with Gasteiger partial charge in [-0.3, -0.25) is 0 Å². The van der Waals surface area contributed by atoms with Gasteiger partial charge in [0.1, 0.15) is 0 Å². The SMILES string of the molecule is Cc1cc2nc(Cl)sc2cc1Br. The van der Waals surface area contributed by atoms with Crippen molar-refractivity contribution in [1.82, 2.24) is 4.98 Å². The van der Waals surface area contributed by atoms with Crippen LogP contribution in [0, 0.1) is 6.92 Å². The number of aryl methyl sites for hydroxylation is 1. The van der Waals surface area contributed by atoms with Gasteiger partial charge in [0.2, 0.25) is 0 Å². The monoisotopic (exact) mass is 261 g/mol. The molecule has 1 aromatic heterocycles. The number of thiazole rings is 1. The molecule has 62 valence electrons. The number of fused-ring (bicyclic) bond motifs is 1. The number of halogens is 2. The van der Waals surface area contributed by atoms with Gasteiger partial charge in [-0.1, -0.05) is 27.5 Å². The number of rotatable bonds is 0. The van der Waals surface area contributed by atoms with E-state index in [9.17, 15) is 0 Å². The first-order valence-corrected chi connectivity index (χ1v) is 5.38. The zero-order chi connectivity index (χ0) is 8.72. The normalized spacial score (nSPS) is 10.9. The van der Waals surface area contributed by atoms with Crippen LogP contribution in [0.4, 0.5) is 0 Å². The first-order chi connectivity index (χ1) is 5.66. The number of nitrogens with zero attached hydrogens (tertiary/aromatic N) is 1. The first-order valence-electron chi connectivity index (χ1n) is 3.39. The lowest BCUT2D eigenvalue weighted by Crippen LogP contribution is -1.74. The molecule has 0 fully saturated rings. The van der Waals surface area contributed by atoms with Crippen LogP contribution in [-0.2, 0) is 0 Å². The van der Waals surface area contributed by atoms with E-state index in [-0.39, 0.29) is 0 Å². The zero-order valence-electron chi connectivity index (χ0n) is 6.27. The molecule has 2 rings (SSSR count). The summed E-state index contributed by atoms with van der Waals surface area (Å²) < 4.78 is 2.83. The summed E-state index contributed by atoms with van der Waals surface area (Å²) >= 11 is 10.7. The maximum absolute atomic E-state index is 5.78. The molecule has 2 aromatic rings. The van der Waals surface area contributed by atoms with Gasteiger partial charge in [-0.05, 0) is 24.6 Å².